The molecule has 3 saturated carbocycles. The number of para-hydroxylation sites is 1. The number of aromatic nitrogens is 1. The number of ketones is 1. The molecular formula is C20H18N2O3. The number of Topliss-reactive ketones (excluding diaryl/α,β-unsaturated/α-hetero) is 1. The summed E-state index contributed by atoms with van der Waals surface area (Å²) in [5, 5.41) is 0.901. The molecule has 5 nitrogen and oxygen atoms in total. The maximum absolute atomic E-state index is 13.1. The van der Waals surface area contributed by atoms with Gasteiger partial charge in [-0.05, 0) is 37.8 Å². The van der Waals surface area contributed by atoms with Crippen LogP contribution in [0.5, 0.6) is 0 Å². The third-order valence-corrected chi connectivity index (χ3v) is 6.14. The van der Waals surface area contributed by atoms with Crippen LogP contribution in [0.25, 0.3) is 10.9 Å². The molecule has 2 aromatic rings. The Labute approximate surface area is 145 Å². The number of anilines is 1. The van der Waals surface area contributed by atoms with Gasteiger partial charge in [0.1, 0.15) is 5.78 Å². The van der Waals surface area contributed by atoms with Crippen LogP contribution in [0.15, 0.2) is 30.3 Å². The number of pyridine rings is 1. The first-order valence-electron chi connectivity index (χ1n) is 8.83. The summed E-state index contributed by atoms with van der Waals surface area (Å²) in [5.74, 6) is -1.25. The van der Waals surface area contributed by atoms with E-state index in [0.717, 1.165) is 23.9 Å². The Morgan fingerprint density at radius 3 is 2.60 bits per heavy atom. The molecule has 1 aromatic carbocycles. The Balaban J connectivity index is 1.67. The number of carbonyl (C=O) groups is 3. The Hall–Kier alpha value is -2.56. The minimum atomic E-state index is -0.465. The first-order chi connectivity index (χ1) is 12.1. The van der Waals surface area contributed by atoms with E-state index in [1.807, 2.05) is 31.2 Å². The molecule has 3 aliphatic carbocycles. The molecule has 0 radical (unpaired) electrons. The number of hydrogen-bond donors (Lipinski definition) is 0. The largest absolute Gasteiger partial charge is 0.299 e. The van der Waals surface area contributed by atoms with Crippen molar-refractivity contribution in [3.63, 3.8) is 0 Å². The molecule has 126 valence electrons. The number of rotatable bonds is 1. The van der Waals surface area contributed by atoms with Crippen molar-refractivity contribution in [2.75, 3.05) is 4.90 Å². The van der Waals surface area contributed by atoms with Gasteiger partial charge in [0.05, 0.1) is 23.0 Å². The zero-order chi connectivity index (χ0) is 17.3. The highest BCUT2D eigenvalue weighted by Gasteiger charge is 2.61. The predicted molar refractivity (Wildman–Crippen MR) is 91.8 cm³/mol. The van der Waals surface area contributed by atoms with Crippen LogP contribution in [0.2, 0.25) is 0 Å². The monoisotopic (exact) mass is 334 g/mol. The number of aryl methyl sites for hydroxylation is 1. The highest BCUT2D eigenvalue weighted by Crippen LogP contribution is 2.52. The van der Waals surface area contributed by atoms with Crippen molar-refractivity contribution >= 4 is 34.2 Å². The number of benzene rings is 1. The summed E-state index contributed by atoms with van der Waals surface area (Å²) in [4.78, 5) is 44.4. The van der Waals surface area contributed by atoms with Gasteiger partial charge in [0.15, 0.2) is 0 Å². The SMILES string of the molecule is Cc1ccc2cccc(N3C(=O)[C@@H]4[C@H]5CC[C@H](C(=O)C5)[C@@H]4C3=O)c2n1. The van der Waals surface area contributed by atoms with E-state index in [4.69, 9.17) is 0 Å². The van der Waals surface area contributed by atoms with E-state index in [1.165, 1.54) is 4.90 Å². The van der Waals surface area contributed by atoms with Crippen LogP contribution in [0.1, 0.15) is 25.0 Å². The van der Waals surface area contributed by atoms with Crippen molar-refractivity contribution in [2.45, 2.75) is 26.2 Å². The Morgan fingerprint density at radius 2 is 1.80 bits per heavy atom. The average molecular weight is 334 g/mol. The molecule has 0 spiro atoms. The minimum Gasteiger partial charge on any atom is -0.299 e. The zero-order valence-corrected chi connectivity index (χ0v) is 13.9. The highest BCUT2D eigenvalue weighted by atomic mass is 16.2. The van der Waals surface area contributed by atoms with Crippen LogP contribution >= 0.6 is 0 Å². The number of carbonyl (C=O) groups excluding carboxylic acids is 3. The summed E-state index contributed by atoms with van der Waals surface area (Å²) in [5.41, 5.74) is 2.06. The van der Waals surface area contributed by atoms with Gasteiger partial charge in [-0.3, -0.25) is 19.4 Å². The van der Waals surface area contributed by atoms with Crippen LogP contribution < -0.4 is 4.90 Å². The smallest absolute Gasteiger partial charge is 0.238 e. The number of nitrogens with zero attached hydrogens (tertiary/aromatic N) is 2. The Bertz CT molecular complexity index is 951. The molecule has 0 N–H and O–H groups in total. The fourth-order valence-corrected chi connectivity index (χ4v) is 5.03. The molecule has 5 heteroatoms. The van der Waals surface area contributed by atoms with Crippen molar-refractivity contribution in [1.29, 1.82) is 0 Å². The molecular weight excluding hydrogens is 316 g/mol. The van der Waals surface area contributed by atoms with Crippen molar-refractivity contribution < 1.29 is 14.4 Å². The van der Waals surface area contributed by atoms with Gasteiger partial charge in [0.25, 0.3) is 0 Å². The van der Waals surface area contributed by atoms with Crippen LogP contribution in [0.3, 0.4) is 0 Å². The summed E-state index contributed by atoms with van der Waals surface area (Å²) >= 11 is 0. The van der Waals surface area contributed by atoms with E-state index in [9.17, 15) is 14.4 Å². The molecule has 0 unspecified atom stereocenters. The van der Waals surface area contributed by atoms with Gasteiger partial charge in [-0.25, -0.2) is 4.90 Å². The molecule has 2 bridgehead atoms. The summed E-state index contributed by atoms with van der Waals surface area (Å²) in [6, 6.07) is 9.42. The first-order valence-corrected chi connectivity index (χ1v) is 8.83. The van der Waals surface area contributed by atoms with Gasteiger partial charge in [-0.2, -0.15) is 0 Å². The lowest BCUT2D eigenvalue weighted by atomic mass is 9.59. The van der Waals surface area contributed by atoms with E-state index in [2.05, 4.69) is 4.98 Å². The summed E-state index contributed by atoms with van der Waals surface area (Å²) in [6.45, 7) is 1.89. The van der Waals surface area contributed by atoms with E-state index in [1.54, 1.807) is 6.07 Å². The van der Waals surface area contributed by atoms with Crippen molar-refractivity contribution in [3.05, 3.63) is 36.0 Å². The molecule has 1 aliphatic heterocycles. The number of imide groups is 1. The van der Waals surface area contributed by atoms with Gasteiger partial charge in [0.2, 0.25) is 11.8 Å². The van der Waals surface area contributed by atoms with E-state index in [-0.39, 0.29) is 35.4 Å². The highest BCUT2D eigenvalue weighted by molar-refractivity contribution is 6.25. The van der Waals surface area contributed by atoms with E-state index < -0.39 is 5.92 Å². The third-order valence-electron chi connectivity index (χ3n) is 6.14. The molecule has 1 aromatic heterocycles. The van der Waals surface area contributed by atoms with Gasteiger partial charge >= 0.3 is 0 Å². The lowest BCUT2D eigenvalue weighted by Crippen LogP contribution is -2.46. The topological polar surface area (TPSA) is 67.3 Å². The van der Waals surface area contributed by atoms with Crippen LogP contribution in [0, 0.1) is 30.6 Å². The normalized spacial score (nSPS) is 31.1. The van der Waals surface area contributed by atoms with Crippen molar-refractivity contribution in [2.24, 2.45) is 23.7 Å². The molecule has 2 heterocycles. The van der Waals surface area contributed by atoms with Gasteiger partial charge < -0.3 is 0 Å². The molecule has 2 amide bonds. The summed E-state index contributed by atoms with van der Waals surface area (Å²) in [7, 11) is 0. The van der Waals surface area contributed by atoms with Crippen LogP contribution in [0.4, 0.5) is 5.69 Å². The van der Waals surface area contributed by atoms with Gasteiger partial charge in [-0.15, -0.1) is 0 Å². The summed E-state index contributed by atoms with van der Waals surface area (Å²) in [6.07, 6.45) is 2.06. The van der Waals surface area contributed by atoms with Gasteiger partial charge in [0, 0.05) is 23.4 Å². The molecule has 4 atom stereocenters. The average Bonchev–Trinajstić information content (AvgIpc) is 2.88. The molecule has 25 heavy (non-hydrogen) atoms. The number of amides is 2. The number of fused-ring (bicyclic) bond motifs is 3. The second kappa shape index (κ2) is 4.97. The summed E-state index contributed by atoms with van der Waals surface area (Å²) < 4.78 is 0. The lowest BCUT2D eigenvalue weighted by molar-refractivity contribution is -0.143. The second-order valence-electron chi connectivity index (χ2n) is 7.48. The van der Waals surface area contributed by atoms with Crippen LogP contribution in [-0.4, -0.2) is 22.6 Å². The first kappa shape index (κ1) is 14.8. The fourth-order valence-electron chi connectivity index (χ4n) is 5.03. The minimum absolute atomic E-state index is 0.0219. The quantitative estimate of drug-likeness (QED) is 0.752. The standard InChI is InChI=1S/C20H18N2O3/c1-10-5-6-11-3-2-4-14(18(11)21-10)22-19(24)16-12-7-8-13(15(23)9-12)17(16)20(22)25/h2-6,12-13,16-17H,7-9H2,1H3/t12-,13+,16+,17-/m0/s1. The molecule has 1 saturated heterocycles. The maximum atomic E-state index is 13.1. The maximum Gasteiger partial charge on any atom is 0.238 e. The third kappa shape index (κ3) is 1.89. The van der Waals surface area contributed by atoms with E-state index >= 15 is 0 Å². The zero-order valence-electron chi connectivity index (χ0n) is 13.9. The fraction of sp³-hybridized carbons (Fsp3) is 0.400. The Kier molecular flexibility index (Phi) is 2.94. The predicted octanol–water partition coefficient (Wildman–Crippen LogP) is 2.65. The lowest BCUT2D eigenvalue weighted by Gasteiger charge is -2.41. The van der Waals surface area contributed by atoms with Crippen LogP contribution in [-0.2, 0) is 14.4 Å². The van der Waals surface area contributed by atoms with Crippen molar-refractivity contribution in [3.8, 4) is 0 Å². The molecule has 4 fully saturated rings. The van der Waals surface area contributed by atoms with Gasteiger partial charge in [-0.1, -0.05) is 18.2 Å². The Morgan fingerprint density at radius 1 is 1.00 bits per heavy atom. The van der Waals surface area contributed by atoms with Crippen molar-refractivity contribution in [1.82, 2.24) is 4.98 Å². The number of hydrogen-bond acceptors (Lipinski definition) is 4. The molecule has 6 rings (SSSR count). The molecule has 4 aliphatic rings. The second-order valence-corrected chi connectivity index (χ2v) is 7.48. The van der Waals surface area contributed by atoms with E-state index in [0.29, 0.717) is 17.6 Å².